The molecule has 1 atom stereocenters. The van der Waals surface area contributed by atoms with Crippen molar-refractivity contribution in [1.29, 1.82) is 0 Å². The molecule has 0 saturated heterocycles. The summed E-state index contributed by atoms with van der Waals surface area (Å²) < 4.78 is 0. The van der Waals surface area contributed by atoms with E-state index in [-0.39, 0.29) is 5.91 Å². The molecule has 1 unspecified atom stereocenters. The normalized spacial score (nSPS) is 23.7. The SMILES string of the molecule is CCCCC1(O)c2ccccc2C(=O)N1C. The van der Waals surface area contributed by atoms with E-state index < -0.39 is 5.72 Å². The first-order valence-electron chi connectivity index (χ1n) is 5.71. The third-order valence-corrected chi connectivity index (χ3v) is 3.33. The maximum atomic E-state index is 11.9. The summed E-state index contributed by atoms with van der Waals surface area (Å²) in [6.45, 7) is 2.08. The summed E-state index contributed by atoms with van der Waals surface area (Å²) in [7, 11) is 1.66. The predicted octanol–water partition coefficient (Wildman–Crippen LogP) is 2.11. The van der Waals surface area contributed by atoms with E-state index in [0.29, 0.717) is 12.0 Å². The molecule has 1 N–H and O–H groups in total. The average Bonchev–Trinajstić information content (AvgIpc) is 2.51. The van der Waals surface area contributed by atoms with E-state index in [1.54, 1.807) is 13.1 Å². The van der Waals surface area contributed by atoms with Gasteiger partial charge in [0.2, 0.25) is 0 Å². The van der Waals surface area contributed by atoms with Gasteiger partial charge in [-0.3, -0.25) is 4.79 Å². The average molecular weight is 219 g/mol. The second-order valence-corrected chi connectivity index (χ2v) is 4.33. The highest BCUT2D eigenvalue weighted by Gasteiger charge is 2.45. The van der Waals surface area contributed by atoms with Crippen molar-refractivity contribution in [1.82, 2.24) is 4.90 Å². The number of carbonyl (C=O) groups is 1. The topological polar surface area (TPSA) is 40.5 Å². The van der Waals surface area contributed by atoms with E-state index in [1.807, 2.05) is 18.2 Å². The Kier molecular flexibility index (Phi) is 2.72. The van der Waals surface area contributed by atoms with Gasteiger partial charge >= 0.3 is 0 Å². The summed E-state index contributed by atoms with van der Waals surface area (Å²) in [4.78, 5) is 13.4. The molecule has 0 saturated carbocycles. The van der Waals surface area contributed by atoms with Gasteiger partial charge in [0, 0.05) is 18.2 Å². The molecule has 1 amide bonds. The van der Waals surface area contributed by atoms with Crippen molar-refractivity contribution in [2.75, 3.05) is 7.05 Å². The first-order valence-corrected chi connectivity index (χ1v) is 5.71. The molecule has 3 nitrogen and oxygen atoms in total. The molecule has 0 fully saturated rings. The lowest BCUT2D eigenvalue weighted by Crippen LogP contribution is -2.40. The van der Waals surface area contributed by atoms with Crippen LogP contribution in [0.2, 0.25) is 0 Å². The quantitative estimate of drug-likeness (QED) is 0.845. The third kappa shape index (κ3) is 1.43. The van der Waals surface area contributed by atoms with Gasteiger partial charge < -0.3 is 10.0 Å². The van der Waals surface area contributed by atoms with E-state index in [0.717, 1.165) is 18.4 Å². The Hall–Kier alpha value is -1.35. The molecule has 0 bridgehead atoms. The molecule has 0 aliphatic carbocycles. The number of hydrogen-bond acceptors (Lipinski definition) is 2. The largest absolute Gasteiger partial charge is 0.367 e. The highest BCUT2D eigenvalue weighted by Crippen LogP contribution is 2.39. The number of aliphatic hydroxyl groups is 1. The zero-order chi connectivity index (χ0) is 11.8. The molecule has 16 heavy (non-hydrogen) atoms. The van der Waals surface area contributed by atoms with Crippen molar-refractivity contribution in [3.8, 4) is 0 Å². The van der Waals surface area contributed by atoms with Crippen molar-refractivity contribution in [3.63, 3.8) is 0 Å². The van der Waals surface area contributed by atoms with Gasteiger partial charge in [-0.05, 0) is 18.9 Å². The molecule has 1 aliphatic rings. The molecular formula is C13H17NO2. The van der Waals surface area contributed by atoms with E-state index in [1.165, 1.54) is 4.90 Å². The van der Waals surface area contributed by atoms with Gasteiger partial charge in [-0.2, -0.15) is 0 Å². The monoisotopic (exact) mass is 219 g/mol. The minimum atomic E-state index is -1.11. The number of nitrogens with zero attached hydrogens (tertiary/aromatic N) is 1. The van der Waals surface area contributed by atoms with Crippen molar-refractivity contribution in [3.05, 3.63) is 35.4 Å². The van der Waals surface area contributed by atoms with Crippen LogP contribution in [0.5, 0.6) is 0 Å². The van der Waals surface area contributed by atoms with E-state index >= 15 is 0 Å². The van der Waals surface area contributed by atoms with Crippen molar-refractivity contribution in [2.45, 2.75) is 31.9 Å². The lowest BCUT2D eigenvalue weighted by Gasteiger charge is -2.31. The van der Waals surface area contributed by atoms with Gasteiger partial charge in [-0.1, -0.05) is 31.5 Å². The van der Waals surface area contributed by atoms with Crippen LogP contribution in [0.4, 0.5) is 0 Å². The van der Waals surface area contributed by atoms with Crippen molar-refractivity contribution in [2.24, 2.45) is 0 Å². The van der Waals surface area contributed by atoms with Gasteiger partial charge in [0.25, 0.3) is 5.91 Å². The Balaban J connectivity index is 2.43. The number of carbonyl (C=O) groups excluding carboxylic acids is 1. The molecule has 1 aliphatic heterocycles. The number of hydrogen-bond donors (Lipinski definition) is 1. The number of amides is 1. The standard InChI is InChI=1S/C13H17NO2/c1-3-4-9-13(16)11-8-6-5-7-10(11)12(15)14(13)2/h5-8,16H,3-4,9H2,1-2H3. The highest BCUT2D eigenvalue weighted by molar-refractivity contribution is 5.99. The molecule has 0 radical (unpaired) electrons. The van der Waals surface area contributed by atoms with Gasteiger partial charge in [-0.25, -0.2) is 0 Å². The van der Waals surface area contributed by atoms with Crippen molar-refractivity contribution < 1.29 is 9.90 Å². The van der Waals surface area contributed by atoms with Gasteiger partial charge in [0.15, 0.2) is 5.72 Å². The summed E-state index contributed by atoms with van der Waals surface area (Å²) >= 11 is 0. The van der Waals surface area contributed by atoms with Crippen LogP contribution in [-0.4, -0.2) is 23.0 Å². The number of unbranched alkanes of at least 4 members (excludes halogenated alkanes) is 1. The van der Waals surface area contributed by atoms with E-state index in [2.05, 4.69) is 6.92 Å². The lowest BCUT2D eigenvalue weighted by atomic mass is 9.96. The summed E-state index contributed by atoms with van der Waals surface area (Å²) in [5, 5.41) is 10.6. The van der Waals surface area contributed by atoms with Crippen LogP contribution in [-0.2, 0) is 5.72 Å². The Morgan fingerprint density at radius 1 is 1.38 bits per heavy atom. The minimum absolute atomic E-state index is 0.0887. The zero-order valence-corrected chi connectivity index (χ0v) is 9.73. The highest BCUT2D eigenvalue weighted by atomic mass is 16.3. The number of rotatable bonds is 3. The van der Waals surface area contributed by atoms with Crippen LogP contribution in [0.3, 0.4) is 0 Å². The number of benzene rings is 1. The first-order chi connectivity index (χ1) is 7.61. The number of fused-ring (bicyclic) bond motifs is 1. The summed E-state index contributed by atoms with van der Waals surface area (Å²) in [6, 6.07) is 7.31. The summed E-state index contributed by atoms with van der Waals surface area (Å²) in [6.07, 6.45) is 2.51. The summed E-state index contributed by atoms with van der Waals surface area (Å²) in [5.41, 5.74) is 0.267. The maximum Gasteiger partial charge on any atom is 0.256 e. The molecule has 2 rings (SSSR count). The first kappa shape index (κ1) is 11.1. The molecule has 0 spiro atoms. The molecule has 1 aromatic carbocycles. The molecule has 0 aromatic heterocycles. The van der Waals surface area contributed by atoms with Crippen molar-refractivity contribution >= 4 is 5.91 Å². The second kappa shape index (κ2) is 3.91. The second-order valence-electron chi connectivity index (χ2n) is 4.33. The predicted molar refractivity (Wildman–Crippen MR) is 62.0 cm³/mol. The van der Waals surface area contributed by atoms with Gasteiger partial charge in [0.1, 0.15) is 0 Å². The minimum Gasteiger partial charge on any atom is -0.367 e. The summed E-state index contributed by atoms with van der Waals surface area (Å²) in [5.74, 6) is -0.0887. The third-order valence-electron chi connectivity index (χ3n) is 3.33. The van der Waals surface area contributed by atoms with E-state index in [9.17, 15) is 9.90 Å². The lowest BCUT2D eigenvalue weighted by molar-refractivity contribution is -0.0797. The van der Waals surface area contributed by atoms with Crippen LogP contribution < -0.4 is 0 Å². The molecule has 86 valence electrons. The fourth-order valence-corrected chi connectivity index (χ4v) is 2.27. The fourth-order valence-electron chi connectivity index (χ4n) is 2.27. The van der Waals surface area contributed by atoms with Crippen LogP contribution in [0.25, 0.3) is 0 Å². The van der Waals surface area contributed by atoms with Crippen LogP contribution in [0.15, 0.2) is 24.3 Å². The maximum absolute atomic E-state index is 11.9. The van der Waals surface area contributed by atoms with Gasteiger partial charge in [-0.15, -0.1) is 0 Å². The Labute approximate surface area is 95.7 Å². The molecular weight excluding hydrogens is 202 g/mol. The Morgan fingerprint density at radius 3 is 2.75 bits per heavy atom. The van der Waals surface area contributed by atoms with E-state index in [4.69, 9.17) is 0 Å². The molecule has 3 heteroatoms. The molecule has 1 aromatic rings. The van der Waals surface area contributed by atoms with Crippen LogP contribution in [0, 0.1) is 0 Å². The van der Waals surface area contributed by atoms with Crippen LogP contribution >= 0.6 is 0 Å². The smallest absolute Gasteiger partial charge is 0.256 e. The Bertz CT molecular complexity index is 416. The molecule has 1 heterocycles. The fraction of sp³-hybridized carbons (Fsp3) is 0.462. The Morgan fingerprint density at radius 2 is 2.06 bits per heavy atom. The van der Waals surface area contributed by atoms with Crippen LogP contribution in [0.1, 0.15) is 42.1 Å². The van der Waals surface area contributed by atoms with Gasteiger partial charge in [0.05, 0.1) is 0 Å². The zero-order valence-electron chi connectivity index (χ0n) is 9.73.